The van der Waals surface area contributed by atoms with E-state index in [4.69, 9.17) is 18.6 Å². The molecule has 0 saturated carbocycles. The van der Waals surface area contributed by atoms with Gasteiger partial charge in [0.2, 0.25) is 11.2 Å². The Hall–Kier alpha value is -0.850. The normalized spacial score (nSPS) is 19.7. The lowest BCUT2D eigenvalue weighted by Gasteiger charge is -2.22. The Morgan fingerprint density at radius 3 is 3.00 bits per heavy atom. The average molecular weight is 319 g/mol. The number of halogens is 1. The largest absolute Gasteiger partial charge is 0.475 e. The summed E-state index contributed by atoms with van der Waals surface area (Å²) in [7, 11) is 0. The van der Waals surface area contributed by atoms with Crippen LogP contribution in [0.5, 0.6) is 5.75 Å². The maximum absolute atomic E-state index is 11.6. The lowest BCUT2D eigenvalue weighted by Crippen LogP contribution is -2.22. The Kier molecular flexibility index (Phi) is 5.22. The first-order valence-electron chi connectivity index (χ1n) is 5.83. The first kappa shape index (κ1) is 13.6. The molecule has 1 unspecified atom stereocenters. The van der Waals surface area contributed by atoms with E-state index in [9.17, 15) is 4.79 Å². The maximum Gasteiger partial charge on any atom is 0.227 e. The summed E-state index contributed by atoms with van der Waals surface area (Å²) in [5, 5.41) is 0. The Morgan fingerprint density at radius 1 is 1.44 bits per heavy atom. The molecule has 5 nitrogen and oxygen atoms in total. The van der Waals surface area contributed by atoms with E-state index in [2.05, 4.69) is 15.9 Å². The van der Waals surface area contributed by atoms with Gasteiger partial charge in [0.1, 0.15) is 24.1 Å². The minimum Gasteiger partial charge on any atom is -0.475 e. The molecule has 2 rings (SSSR count). The van der Waals surface area contributed by atoms with Crippen LogP contribution in [0, 0.1) is 0 Å². The maximum atomic E-state index is 11.6. The minimum atomic E-state index is -0.219. The van der Waals surface area contributed by atoms with Gasteiger partial charge in [-0.05, 0) is 35.2 Å². The number of hydrogen-bond acceptors (Lipinski definition) is 5. The summed E-state index contributed by atoms with van der Waals surface area (Å²) in [6.07, 6.45) is 4.17. The van der Waals surface area contributed by atoms with E-state index in [-0.39, 0.29) is 29.6 Å². The first-order valence-corrected chi connectivity index (χ1v) is 6.95. The van der Waals surface area contributed by atoms with Crippen molar-refractivity contribution in [3.8, 4) is 5.75 Å². The van der Waals surface area contributed by atoms with Crippen LogP contribution >= 0.6 is 15.9 Å². The second kappa shape index (κ2) is 6.92. The van der Waals surface area contributed by atoms with E-state index in [0.717, 1.165) is 25.9 Å². The second-order valence-corrected chi connectivity index (χ2v) is 4.39. The predicted octanol–water partition coefficient (Wildman–Crippen LogP) is 2.41. The van der Waals surface area contributed by atoms with E-state index in [1.807, 2.05) is 0 Å². The molecule has 0 radical (unpaired) electrons. The topological polar surface area (TPSA) is 57.9 Å². The summed E-state index contributed by atoms with van der Waals surface area (Å²) in [4.78, 5) is 11.6. The van der Waals surface area contributed by atoms with Gasteiger partial charge in [0.25, 0.3) is 0 Å². The molecule has 100 valence electrons. The fraction of sp³-hybridized carbons (Fsp3) is 0.583. The SMILES string of the molecule is O=c1cc(COC2CCCCO2)occ1OCBr. The molecule has 1 saturated heterocycles. The Labute approximate surface area is 113 Å². The van der Waals surface area contributed by atoms with Gasteiger partial charge in [-0.3, -0.25) is 4.79 Å². The summed E-state index contributed by atoms with van der Waals surface area (Å²) in [5.41, 5.74) is 0.0348. The lowest BCUT2D eigenvalue weighted by molar-refractivity contribution is -0.171. The van der Waals surface area contributed by atoms with Gasteiger partial charge in [-0.2, -0.15) is 0 Å². The third-order valence-electron chi connectivity index (χ3n) is 2.61. The van der Waals surface area contributed by atoms with Gasteiger partial charge in [-0.25, -0.2) is 0 Å². The minimum absolute atomic E-state index is 0.185. The fourth-order valence-electron chi connectivity index (χ4n) is 1.70. The zero-order valence-electron chi connectivity index (χ0n) is 9.89. The van der Waals surface area contributed by atoms with Gasteiger partial charge in [-0.15, -0.1) is 0 Å². The van der Waals surface area contributed by atoms with E-state index >= 15 is 0 Å². The van der Waals surface area contributed by atoms with Crippen molar-refractivity contribution in [1.29, 1.82) is 0 Å². The summed E-state index contributed by atoms with van der Waals surface area (Å²) in [6, 6.07) is 1.38. The van der Waals surface area contributed by atoms with Crippen molar-refractivity contribution >= 4 is 15.9 Å². The molecule has 0 aliphatic carbocycles. The van der Waals surface area contributed by atoms with Crippen molar-refractivity contribution < 1.29 is 18.6 Å². The highest BCUT2D eigenvalue weighted by molar-refractivity contribution is 9.09. The van der Waals surface area contributed by atoms with Crippen LogP contribution in [0.1, 0.15) is 25.0 Å². The van der Waals surface area contributed by atoms with Gasteiger partial charge < -0.3 is 18.6 Å². The van der Waals surface area contributed by atoms with Crippen LogP contribution < -0.4 is 10.2 Å². The number of ether oxygens (including phenoxy) is 3. The molecule has 1 aromatic rings. The number of alkyl halides is 1. The zero-order chi connectivity index (χ0) is 12.8. The quantitative estimate of drug-likeness (QED) is 0.780. The monoisotopic (exact) mass is 318 g/mol. The molecule has 0 amide bonds. The highest BCUT2D eigenvalue weighted by atomic mass is 79.9. The van der Waals surface area contributed by atoms with E-state index < -0.39 is 0 Å². The molecule has 6 heteroatoms. The van der Waals surface area contributed by atoms with Crippen LogP contribution in [-0.4, -0.2) is 18.4 Å². The smallest absolute Gasteiger partial charge is 0.227 e. The zero-order valence-corrected chi connectivity index (χ0v) is 11.5. The molecule has 1 aliphatic heterocycles. The van der Waals surface area contributed by atoms with Crippen molar-refractivity contribution in [1.82, 2.24) is 0 Å². The Balaban J connectivity index is 1.89. The predicted molar refractivity (Wildman–Crippen MR) is 67.8 cm³/mol. The molecule has 1 fully saturated rings. The van der Waals surface area contributed by atoms with Crippen molar-refractivity contribution in [2.75, 3.05) is 12.1 Å². The highest BCUT2D eigenvalue weighted by Gasteiger charge is 2.15. The third kappa shape index (κ3) is 3.83. The molecule has 0 aromatic carbocycles. The summed E-state index contributed by atoms with van der Waals surface area (Å²) in [6.45, 7) is 0.959. The fourth-order valence-corrected chi connectivity index (χ4v) is 1.94. The molecule has 0 bridgehead atoms. The molecule has 0 spiro atoms. The van der Waals surface area contributed by atoms with Crippen LogP contribution in [0.4, 0.5) is 0 Å². The van der Waals surface area contributed by atoms with Crippen molar-refractivity contribution in [3.63, 3.8) is 0 Å². The van der Waals surface area contributed by atoms with Gasteiger partial charge in [-0.1, -0.05) is 0 Å². The van der Waals surface area contributed by atoms with Crippen LogP contribution in [0.2, 0.25) is 0 Å². The van der Waals surface area contributed by atoms with Gasteiger partial charge >= 0.3 is 0 Å². The molecule has 1 aliphatic rings. The van der Waals surface area contributed by atoms with Crippen LogP contribution in [-0.2, 0) is 16.1 Å². The Bertz CT molecular complexity index is 425. The molecule has 1 atom stereocenters. The van der Waals surface area contributed by atoms with Gasteiger partial charge in [0.15, 0.2) is 6.29 Å². The van der Waals surface area contributed by atoms with Gasteiger partial charge in [0.05, 0.1) is 0 Å². The third-order valence-corrected chi connectivity index (χ3v) is 2.84. The molecule has 0 N–H and O–H groups in total. The van der Waals surface area contributed by atoms with Crippen molar-refractivity contribution in [2.45, 2.75) is 32.2 Å². The van der Waals surface area contributed by atoms with E-state index in [1.54, 1.807) is 0 Å². The number of rotatable bonds is 5. The van der Waals surface area contributed by atoms with Crippen molar-refractivity contribution in [3.05, 3.63) is 28.3 Å². The molecular weight excluding hydrogens is 304 g/mol. The number of hydrogen-bond donors (Lipinski definition) is 0. The Morgan fingerprint density at radius 2 is 2.33 bits per heavy atom. The highest BCUT2D eigenvalue weighted by Crippen LogP contribution is 2.16. The van der Waals surface area contributed by atoms with Crippen LogP contribution in [0.25, 0.3) is 0 Å². The molecule has 2 heterocycles. The van der Waals surface area contributed by atoms with E-state index in [0.29, 0.717) is 5.76 Å². The van der Waals surface area contributed by atoms with Crippen molar-refractivity contribution in [2.24, 2.45) is 0 Å². The average Bonchev–Trinajstić information content (AvgIpc) is 2.41. The molecule has 18 heavy (non-hydrogen) atoms. The van der Waals surface area contributed by atoms with Crippen LogP contribution in [0.3, 0.4) is 0 Å². The van der Waals surface area contributed by atoms with Crippen LogP contribution in [0.15, 0.2) is 21.5 Å². The second-order valence-electron chi connectivity index (χ2n) is 3.94. The summed E-state index contributed by atoms with van der Waals surface area (Å²) < 4.78 is 21.2. The standard InChI is InChI=1S/C12H15BrO5/c13-8-18-11-7-16-9(5-10(11)14)6-17-12-3-1-2-4-15-12/h5,7,12H,1-4,6,8H2. The van der Waals surface area contributed by atoms with Gasteiger partial charge in [0, 0.05) is 12.7 Å². The lowest BCUT2D eigenvalue weighted by atomic mass is 10.2. The molecule has 1 aromatic heterocycles. The van der Waals surface area contributed by atoms with E-state index in [1.165, 1.54) is 12.3 Å². The summed E-state index contributed by atoms with van der Waals surface area (Å²) >= 11 is 3.08. The molecular formula is C12H15BrO5. The summed E-state index contributed by atoms with van der Waals surface area (Å²) in [5.74, 6) is 0.653. The first-order chi connectivity index (χ1) is 8.79.